The normalized spacial score (nSPS) is 18.7. The van der Waals surface area contributed by atoms with Gasteiger partial charge in [0, 0.05) is 30.1 Å². The number of hydrogen-bond donors (Lipinski definition) is 2. The molecule has 1 aromatic heterocycles. The summed E-state index contributed by atoms with van der Waals surface area (Å²) in [6.45, 7) is 3.30. The molecule has 5 heteroatoms. The lowest BCUT2D eigenvalue weighted by Crippen LogP contribution is -2.47. The molecule has 1 fully saturated rings. The van der Waals surface area contributed by atoms with Gasteiger partial charge in [-0.15, -0.1) is 0 Å². The Balaban J connectivity index is 1.62. The minimum Gasteiger partial charge on any atom is -0.384 e. The van der Waals surface area contributed by atoms with Crippen molar-refractivity contribution in [3.8, 4) is 0 Å². The van der Waals surface area contributed by atoms with Gasteiger partial charge in [-0.3, -0.25) is 9.78 Å². The summed E-state index contributed by atoms with van der Waals surface area (Å²) >= 11 is 0. The minimum absolute atomic E-state index is 0.0294. The number of aryl methyl sites for hydroxylation is 1. The van der Waals surface area contributed by atoms with E-state index in [-0.39, 0.29) is 11.3 Å². The van der Waals surface area contributed by atoms with E-state index in [4.69, 9.17) is 9.72 Å². The van der Waals surface area contributed by atoms with Gasteiger partial charge in [-0.2, -0.15) is 0 Å². The Labute approximate surface area is 154 Å². The number of aromatic nitrogens is 1. The number of carbonyl (C=O) groups excluding carboxylic acids is 1. The summed E-state index contributed by atoms with van der Waals surface area (Å²) in [5.74, 6) is 0.0377. The maximum absolute atomic E-state index is 13.2. The van der Waals surface area contributed by atoms with Crippen LogP contribution in [0.1, 0.15) is 40.9 Å². The largest absolute Gasteiger partial charge is 0.384 e. The summed E-state index contributed by atoms with van der Waals surface area (Å²) in [5.41, 5.74) is 4.03. The third-order valence-electron chi connectivity index (χ3n) is 5.89. The molecule has 0 spiro atoms. The van der Waals surface area contributed by atoms with Crippen LogP contribution in [0.25, 0.3) is 10.9 Å². The van der Waals surface area contributed by atoms with Gasteiger partial charge in [0.2, 0.25) is 0 Å². The summed E-state index contributed by atoms with van der Waals surface area (Å²) in [6.07, 6.45) is 5.05. The predicted molar refractivity (Wildman–Crippen MR) is 103 cm³/mol. The molecule has 26 heavy (non-hydrogen) atoms. The molecule has 0 saturated carbocycles. The van der Waals surface area contributed by atoms with Crippen molar-refractivity contribution in [3.63, 3.8) is 0 Å². The third-order valence-corrected chi connectivity index (χ3v) is 5.89. The number of nitrogens with zero attached hydrogens (tertiary/aromatic N) is 1. The van der Waals surface area contributed by atoms with Crippen LogP contribution in [0.5, 0.6) is 0 Å². The Morgan fingerprint density at radius 2 is 2.08 bits per heavy atom. The molecule has 1 amide bonds. The van der Waals surface area contributed by atoms with Gasteiger partial charge >= 0.3 is 0 Å². The second kappa shape index (κ2) is 7.33. The van der Waals surface area contributed by atoms with Crippen LogP contribution >= 0.6 is 0 Å². The number of rotatable bonds is 5. The molecular formula is C21H27N3O2. The van der Waals surface area contributed by atoms with Crippen LogP contribution in [0, 0.1) is 5.41 Å². The van der Waals surface area contributed by atoms with E-state index < -0.39 is 0 Å². The summed E-state index contributed by atoms with van der Waals surface area (Å²) in [7, 11) is 1.74. The molecule has 2 aliphatic rings. The van der Waals surface area contributed by atoms with Crippen molar-refractivity contribution in [2.24, 2.45) is 5.41 Å². The Morgan fingerprint density at radius 3 is 2.88 bits per heavy atom. The van der Waals surface area contributed by atoms with Crippen LogP contribution < -0.4 is 10.6 Å². The second-order valence-electron chi connectivity index (χ2n) is 7.65. The molecular weight excluding hydrogens is 326 g/mol. The van der Waals surface area contributed by atoms with Crippen molar-refractivity contribution in [1.82, 2.24) is 15.6 Å². The predicted octanol–water partition coefficient (Wildman–Crippen LogP) is 2.47. The van der Waals surface area contributed by atoms with Crippen molar-refractivity contribution < 1.29 is 9.53 Å². The first kappa shape index (κ1) is 17.4. The number of methoxy groups -OCH3 is 1. The van der Waals surface area contributed by atoms with Crippen LogP contribution in [-0.2, 0) is 17.6 Å². The molecule has 0 bridgehead atoms. The van der Waals surface area contributed by atoms with Crippen molar-refractivity contribution >= 4 is 16.8 Å². The van der Waals surface area contributed by atoms with Gasteiger partial charge < -0.3 is 15.4 Å². The minimum atomic E-state index is 0.0294. The fourth-order valence-corrected chi connectivity index (χ4v) is 4.46. The Kier molecular flexibility index (Phi) is 4.92. The molecule has 0 radical (unpaired) electrons. The molecule has 1 aromatic carbocycles. The fraction of sp³-hybridized carbons (Fsp3) is 0.524. The lowest BCUT2D eigenvalue weighted by atomic mass is 9.79. The Hall–Kier alpha value is -1.98. The first-order chi connectivity index (χ1) is 12.7. The van der Waals surface area contributed by atoms with Crippen LogP contribution in [0.3, 0.4) is 0 Å². The number of fused-ring (bicyclic) bond motifs is 2. The van der Waals surface area contributed by atoms with Crippen molar-refractivity contribution in [2.45, 2.75) is 32.1 Å². The number of nitrogens with one attached hydrogen (secondary N) is 2. The molecule has 138 valence electrons. The molecule has 2 N–H and O–H groups in total. The highest BCUT2D eigenvalue weighted by Gasteiger charge is 2.33. The lowest BCUT2D eigenvalue weighted by Gasteiger charge is -2.37. The summed E-state index contributed by atoms with van der Waals surface area (Å²) in [6, 6.07) is 8.00. The van der Waals surface area contributed by atoms with E-state index in [9.17, 15) is 4.79 Å². The zero-order chi connectivity index (χ0) is 18.0. The molecule has 4 rings (SSSR count). The van der Waals surface area contributed by atoms with Gasteiger partial charge in [-0.1, -0.05) is 18.2 Å². The molecule has 2 aromatic rings. The SMILES string of the molecule is COCC1(CNC(=O)c2c3c(nc4ccccc24)CCC3)CCNCC1. The lowest BCUT2D eigenvalue weighted by molar-refractivity contribution is 0.0512. The molecule has 1 aliphatic heterocycles. The smallest absolute Gasteiger partial charge is 0.252 e. The monoisotopic (exact) mass is 353 g/mol. The van der Waals surface area contributed by atoms with E-state index in [0.29, 0.717) is 13.2 Å². The van der Waals surface area contributed by atoms with Crippen molar-refractivity contribution in [3.05, 3.63) is 41.1 Å². The number of pyridine rings is 1. The van der Waals surface area contributed by atoms with Crippen LogP contribution in [0.4, 0.5) is 0 Å². The van der Waals surface area contributed by atoms with Gasteiger partial charge in [0.1, 0.15) is 0 Å². The summed E-state index contributed by atoms with van der Waals surface area (Å²) < 4.78 is 5.48. The highest BCUT2D eigenvalue weighted by atomic mass is 16.5. The molecule has 2 heterocycles. The quantitative estimate of drug-likeness (QED) is 0.867. The standard InChI is InChI=1S/C21H27N3O2/c1-26-14-21(9-11-22-12-10-21)13-23-20(25)19-15-5-2-3-7-17(15)24-18-8-4-6-16(18)19/h2-3,5,7,22H,4,6,8-14H2,1H3,(H,23,25). The molecule has 0 unspecified atom stereocenters. The fourth-order valence-electron chi connectivity index (χ4n) is 4.46. The zero-order valence-corrected chi connectivity index (χ0v) is 15.4. The van der Waals surface area contributed by atoms with Crippen LogP contribution in [0.2, 0.25) is 0 Å². The number of amides is 1. The van der Waals surface area contributed by atoms with Crippen molar-refractivity contribution in [2.75, 3.05) is 33.4 Å². The Morgan fingerprint density at radius 1 is 1.27 bits per heavy atom. The first-order valence-electron chi connectivity index (χ1n) is 9.61. The molecule has 1 aliphatic carbocycles. The highest BCUT2D eigenvalue weighted by Crippen LogP contribution is 2.31. The van der Waals surface area contributed by atoms with Gasteiger partial charge in [0.25, 0.3) is 5.91 Å². The number of benzene rings is 1. The summed E-state index contributed by atoms with van der Waals surface area (Å²) in [4.78, 5) is 18.0. The molecule has 1 saturated heterocycles. The number of para-hydroxylation sites is 1. The average molecular weight is 353 g/mol. The van der Waals surface area contributed by atoms with Gasteiger partial charge in [0.15, 0.2) is 0 Å². The van der Waals surface area contributed by atoms with Crippen LogP contribution in [0.15, 0.2) is 24.3 Å². The van der Waals surface area contributed by atoms with Gasteiger partial charge in [-0.25, -0.2) is 0 Å². The van der Waals surface area contributed by atoms with Crippen LogP contribution in [-0.4, -0.2) is 44.2 Å². The van der Waals surface area contributed by atoms with E-state index in [1.807, 2.05) is 24.3 Å². The maximum atomic E-state index is 13.2. The van der Waals surface area contributed by atoms with E-state index in [2.05, 4.69) is 10.6 Å². The highest BCUT2D eigenvalue weighted by molar-refractivity contribution is 6.07. The van der Waals surface area contributed by atoms with Gasteiger partial charge in [-0.05, 0) is 56.8 Å². The number of hydrogen-bond acceptors (Lipinski definition) is 4. The third kappa shape index (κ3) is 3.21. The zero-order valence-electron chi connectivity index (χ0n) is 15.4. The second-order valence-corrected chi connectivity index (χ2v) is 7.65. The number of piperidine rings is 1. The van der Waals surface area contributed by atoms with Gasteiger partial charge in [0.05, 0.1) is 17.7 Å². The van der Waals surface area contributed by atoms with E-state index >= 15 is 0 Å². The topological polar surface area (TPSA) is 63.2 Å². The molecule has 0 atom stereocenters. The number of carbonyl (C=O) groups is 1. The first-order valence-corrected chi connectivity index (χ1v) is 9.61. The summed E-state index contributed by atoms with van der Waals surface area (Å²) in [5, 5.41) is 7.61. The molecule has 5 nitrogen and oxygen atoms in total. The maximum Gasteiger partial charge on any atom is 0.252 e. The van der Waals surface area contributed by atoms with Crippen molar-refractivity contribution in [1.29, 1.82) is 0 Å². The van der Waals surface area contributed by atoms with E-state index in [1.165, 1.54) is 0 Å². The van der Waals surface area contributed by atoms with E-state index in [1.54, 1.807) is 7.11 Å². The Bertz CT molecular complexity index is 807. The van der Waals surface area contributed by atoms with E-state index in [0.717, 1.165) is 72.9 Å². The average Bonchev–Trinajstić information content (AvgIpc) is 3.13. The number of ether oxygens (including phenoxy) is 1.